The normalized spacial score (nSPS) is 14.5. The molecular formula is C30H29N5O3. The third-order valence-corrected chi connectivity index (χ3v) is 6.91. The Morgan fingerprint density at radius 1 is 1.11 bits per heavy atom. The number of carbonyl (C=O) groups excluding carboxylic acids is 2. The van der Waals surface area contributed by atoms with Crippen LogP contribution in [-0.4, -0.2) is 49.5 Å². The van der Waals surface area contributed by atoms with Gasteiger partial charge in [-0.25, -0.2) is 9.50 Å². The smallest absolute Gasteiger partial charge is 0.274 e. The number of aromatic nitrogens is 3. The van der Waals surface area contributed by atoms with Crippen molar-refractivity contribution in [3.63, 3.8) is 0 Å². The third-order valence-electron chi connectivity index (χ3n) is 6.91. The lowest BCUT2D eigenvalue weighted by Gasteiger charge is -2.31. The molecule has 1 saturated heterocycles. The lowest BCUT2D eigenvalue weighted by atomic mass is 9.89. The number of phenols is 1. The largest absolute Gasteiger partial charge is 0.508 e. The van der Waals surface area contributed by atoms with Gasteiger partial charge in [-0.1, -0.05) is 30.2 Å². The molecule has 192 valence electrons. The maximum Gasteiger partial charge on any atom is 0.274 e. The Labute approximate surface area is 221 Å². The number of likely N-dealkylation sites (tertiary alicyclic amines) is 1. The van der Waals surface area contributed by atoms with E-state index in [1.165, 1.54) is 5.56 Å². The summed E-state index contributed by atoms with van der Waals surface area (Å²) in [5.41, 5.74) is 3.91. The van der Waals surface area contributed by atoms with E-state index in [0.717, 1.165) is 24.1 Å². The molecular weight excluding hydrogens is 478 g/mol. The van der Waals surface area contributed by atoms with Gasteiger partial charge in [-0.3, -0.25) is 9.59 Å². The van der Waals surface area contributed by atoms with Crippen molar-refractivity contribution in [2.75, 3.05) is 18.4 Å². The summed E-state index contributed by atoms with van der Waals surface area (Å²) in [5, 5.41) is 16.9. The molecule has 4 aromatic rings. The van der Waals surface area contributed by atoms with E-state index >= 15 is 0 Å². The minimum atomic E-state index is -0.246. The number of phenolic OH excluding ortho intramolecular Hbond substituents is 1. The number of nitrogens with one attached hydrogen (secondary N) is 1. The second kappa shape index (κ2) is 11.2. The Kier molecular flexibility index (Phi) is 7.36. The number of anilines is 1. The predicted molar refractivity (Wildman–Crippen MR) is 145 cm³/mol. The molecule has 2 amide bonds. The van der Waals surface area contributed by atoms with Crippen molar-refractivity contribution in [1.82, 2.24) is 19.5 Å². The molecule has 1 atom stereocenters. The molecule has 8 nitrogen and oxygen atoms in total. The van der Waals surface area contributed by atoms with Gasteiger partial charge in [0.25, 0.3) is 5.91 Å². The number of hydrogen-bond donors (Lipinski definition) is 2. The molecule has 2 N–H and O–H groups in total. The highest BCUT2D eigenvalue weighted by Crippen LogP contribution is 2.30. The van der Waals surface area contributed by atoms with Crippen LogP contribution in [0, 0.1) is 11.8 Å². The van der Waals surface area contributed by atoms with Crippen LogP contribution in [0.1, 0.15) is 59.6 Å². The fourth-order valence-electron chi connectivity index (χ4n) is 4.88. The van der Waals surface area contributed by atoms with Crippen LogP contribution in [0.3, 0.4) is 0 Å². The summed E-state index contributed by atoms with van der Waals surface area (Å²) in [5.74, 6) is 6.09. The van der Waals surface area contributed by atoms with E-state index in [4.69, 9.17) is 0 Å². The lowest BCUT2D eigenvalue weighted by Crippen LogP contribution is -2.38. The van der Waals surface area contributed by atoms with Crippen molar-refractivity contribution in [2.24, 2.45) is 0 Å². The van der Waals surface area contributed by atoms with E-state index in [0.29, 0.717) is 30.3 Å². The van der Waals surface area contributed by atoms with Crippen LogP contribution >= 0.6 is 0 Å². The van der Waals surface area contributed by atoms with Crippen molar-refractivity contribution in [1.29, 1.82) is 0 Å². The molecule has 0 radical (unpaired) electrons. The first-order valence-electron chi connectivity index (χ1n) is 12.7. The van der Waals surface area contributed by atoms with Crippen LogP contribution in [0.15, 0.2) is 73.1 Å². The number of hydrogen-bond acceptors (Lipinski definition) is 5. The van der Waals surface area contributed by atoms with E-state index in [1.54, 1.807) is 60.2 Å². The zero-order valence-corrected chi connectivity index (χ0v) is 21.2. The maximum atomic E-state index is 12.9. The number of nitrogens with zero attached hydrogens (tertiary/aromatic N) is 4. The number of rotatable bonds is 6. The zero-order chi connectivity index (χ0) is 26.5. The van der Waals surface area contributed by atoms with Crippen LogP contribution in [0.25, 0.3) is 5.65 Å². The Bertz CT molecular complexity index is 1460. The molecule has 0 bridgehead atoms. The Morgan fingerprint density at radius 2 is 1.84 bits per heavy atom. The number of piperidine rings is 1. The zero-order valence-electron chi connectivity index (χ0n) is 21.2. The van der Waals surface area contributed by atoms with E-state index in [2.05, 4.69) is 39.4 Å². The summed E-state index contributed by atoms with van der Waals surface area (Å²) < 4.78 is 1.62. The van der Waals surface area contributed by atoms with Gasteiger partial charge in [-0.05, 0) is 67.1 Å². The molecule has 5 rings (SSSR count). The Hall–Kier alpha value is -4.64. The van der Waals surface area contributed by atoms with Gasteiger partial charge >= 0.3 is 0 Å². The van der Waals surface area contributed by atoms with Gasteiger partial charge in [-0.2, -0.15) is 5.10 Å². The third kappa shape index (κ3) is 5.68. The average molecular weight is 508 g/mol. The van der Waals surface area contributed by atoms with Crippen LogP contribution in [0.5, 0.6) is 5.75 Å². The predicted octanol–water partition coefficient (Wildman–Crippen LogP) is 4.59. The Morgan fingerprint density at radius 3 is 2.53 bits per heavy atom. The number of fused-ring (bicyclic) bond motifs is 1. The summed E-state index contributed by atoms with van der Waals surface area (Å²) >= 11 is 0. The fraction of sp³-hybridized carbons (Fsp3) is 0.267. The first kappa shape index (κ1) is 25.0. The van der Waals surface area contributed by atoms with Gasteiger partial charge in [0.15, 0.2) is 11.3 Å². The van der Waals surface area contributed by atoms with Crippen molar-refractivity contribution in [2.45, 2.75) is 38.0 Å². The molecule has 0 saturated carbocycles. The molecule has 8 heteroatoms. The molecule has 0 aliphatic carbocycles. The minimum absolute atomic E-state index is 0.0645. The second-order valence-electron chi connectivity index (χ2n) is 9.43. The highest BCUT2D eigenvalue weighted by molar-refractivity contribution is 5.93. The van der Waals surface area contributed by atoms with Gasteiger partial charge in [0.1, 0.15) is 5.75 Å². The molecule has 0 spiro atoms. The monoisotopic (exact) mass is 507 g/mol. The standard InChI is InChI=1S/C30H29N5O3/c1-2-4-24(22-7-11-26(36)12-8-22)19-29(37)32-25-9-5-21(6-10-25)23-13-17-34(18-14-23)30(38)27-20-28-31-15-3-16-35(28)33-27/h3,5-12,15-16,20,23-24,36H,13-14,17-19H2,1H3,(H,32,37)/t24-/m0/s1. The van der Waals surface area contributed by atoms with E-state index in [9.17, 15) is 14.7 Å². The highest BCUT2D eigenvalue weighted by Gasteiger charge is 2.26. The second-order valence-corrected chi connectivity index (χ2v) is 9.43. The van der Waals surface area contributed by atoms with Crippen LogP contribution in [-0.2, 0) is 4.79 Å². The molecule has 38 heavy (non-hydrogen) atoms. The summed E-state index contributed by atoms with van der Waals surface area (Å²) in [6, 6.07) is 18.3. The quantitative estimate of drug-likeness (QED) is 0.372. The lowest BCUT2D eigenvalue weighted by molar-refractivity contribution is -0.116. The molecule has 0 unspecified atom stereocenters. The first-order chi connectivity index (χ1) is 18.5. The van der Waals surface area contributed by atoms with Crippen molar-refractivity contribution >= 4 is 23.1 Å². The van der Waals surface area contributed by atoms with Gasteiger partial charge in [0.05, 0.1) is 5.92 Å². The van der Waals surface area contributed by atoms with Gasteiger partial charge in [0.2, 0.25) is 5.91 Å². The molecule has 1 aliphatic rings. The molecule has 2 aromatic heterocycles. The van der Waals surface area contributed by atoms with E-state index in [1.807, 2.05) is 17.0 Å². The summed E-state index contributed by atoms with van der Waals surface area (Å²) in [6.07, 6.45) is 5.43. The first-order valence-corrected chi connectivity index (χ1v) is 12.7. The van der Waals surface area contributed by atoms with Crippen molar-refractivity contribution in [3.05, 3.63) is 89.9 Å². The average Bonchev–Trinajstić information content (AvgIpc) is 3.38. The summed E-state index contributed by atoms with van der Waals surface area (Å²) in [7, 11) is 0. The number of aromatic hydroxyl groups is 1. The van der Waals surface area contributed by atoms with Gasteiger partial charge < -0.3 is 15.3 Å². The number of carbonyl (C=O) groups is 2. The Balaban J connectivity index is 1.15. The minimum Gasteiger partial charge on any atom is -0.508 e. The molecule has 2 aromatic carbocycles. The molecule has 1 fully saturated rings. The maximum absolute atomic E-state index is 12.9. The fourth-order valence-corrected chi connectivity index (χ4v) is 4.88. The number of benzene rings is 2. The van der Waals surface area contributed by atoms with Crippen LogP contribution in [0.2, 0.25) is 0 Å². The molecule has 1 aliphatic heterocycles. The topological polar surface area (TPSA) is 99.8 Å². The summed E-state index contributed by atoms with van der Waals surface area (Å²) in [4.78, 5) is 31.8. The van der Waals surface area contributed by atoms with Crippen LogP contribution in [0.4, 0.5) is 5.69 Å². The van der Waals surface area contributed by atoms with E-state index < -0.39 is 0 Å². The van der Waals surface area contributed by atoms with Gasteiger partial charge in [0, 0.05) is 43.7 Å². The van der Waals surface area contributed by atoms with Crippen molar-refractivity contribution in [3.8, 4) is 17.6 Å². The van der Waals surface area contributed by atoms with E-state index in [-0.39, 0.29) is 29.9 Å². The van der Waals surface area contributed by atoms with Crippen molar-refractivity contribution < 1.29 is 14.7 Å². The van der Waals surface area contributed by atoms with Crippen LogP contribution < -0.4 is 5.32 Å². The highest BCUT2D eigenvalue weighted by atomic mass is 16.3. The van der Waals surface area contributed by atoms with Gasteiger partial charge in [-0.15, -0.1) is 5.92 Å². The SMILES string of the molecule is CC#C[C@@H](CC(=O)Nc1ccc(C2CCN(C(=O)c3cc4ncccn4n3)CC2)cc1)c1ccc(O)cc1. The summed E-state index contributed by atoms with van der Waals surface area (Å²) in [6.45, 7) is 3.09. The molecule has 3 heterocycles. The number of amides is 2.